The molecule has 0 aliphatic heterocycles. The molecule has 114 valence electrons. The number of halogens is 1. The molecule has 2 atom stereocenters. The highest BCUT2D eigenvalue weighted by Crippen LogP contribution is 2.34. The summed E-state index contributed by atoms with van der Waals surface area (Å²) < 4.78 is 9.25. The van der Waals surface area contributed by atoms with Gasteiger partial charge in [-0.2, -0.15) is 0 Å². The number of hydrogen-bond donors (Lipinski definition) is 2. The first-order valence-corrected chi connectivity index (χ1v) is 6.09. The zero-order chi connectivity index (χ0) is 16.3. The third-order valence-electron chi connectivity index (χ3n) is 2.38. The minimum absolute atomic E-state index is 0.199. The summed E-state index contributed by atoms with van der Waals surface area (Å²) in [6, 6.07) is 0. The van der Waals surface area contributed by atoms with Crippen molar-refractivity contribution in [1.82, 2.24) is 0 Å². The number of hydrogen-bond acceptors (Lipinski definition) is 7. The van der Waals surface area contributed by atoms with Crippen molar-refractivity contribution < 1.29 is 34.1 Å². The number of esters is 2. The van der Waals surface area contributed by atoms with Crippen LogP contribution in [0.5, 0.6) is 0 Å². The highest BCUT2D eigenvalue weighted by molar-refractivity contribution is 6.66. The molecule has 7 nitrogen and oxygen atoms in total. The first-order chi connectivity index (χ1) is 9.58. The molecule has 0 spiro atoms. The second-order valence-electron chi connectivity index (χ2n) is 4.20. The molecule has 0 fully saturated rings. The first kappa shape index (κ1) is 17.1. The lowest BCUT2D eigenvalue weighted by Gasteiger charge is -2.38. The molecule has 2 unspecified atom stereocenters. The van der Waals surface area contributed by atoms with Gasteiger partial charge in [-0.25, -0.2) is 0 Å². The van der Waals surface area contributed by atoms with Crippen molar-refractivity contribution in [1.29, 1.82) is 0 Å². The Labute approximate surface area is 125 Å². The number of rotatable bonds is 4. The third kappa shape index (κ3) is 4.25. The fraction of sp³-hybridized carbons (Fsp3) is 0.308. The smallest absolute Gasteiger partial charge is 0.305 e. The largest absolute Gasteiger partial charge is 0.422 e. The summed E-state index contributed by atoms with van der Waals surface area (Å²) >= 11 is 5.13. The monoisotopic (exact) mass is 316 g/mol. The molecule has 0 aromatic heterocycles. The van der Waals surface area contributed by atoms with Gasteiger partial charge in [-0.05, 0) is 29.3 Å². The Morgan fingerprint density at radius 3 is 2.14 bits per heavy atom. The minimum Gasteiger partial charge on any atom is -0.422 e. The number of aliphatic hydroxyl groups is 2. The van der Waals surface area contributed by atoms with Gasteiger partial charge in [0.2, 0.25) is 5.24 Å². The van der Waals surface area contributed by atoms with Crippen molar-refractivity contribution in [3.05, 3.63) is 36.0 Å². The molecule has 1 rings (SSSR count). The van der Waals surface area contributed by atoms with Gasteiger partial charge in [-0.15, -0.1) is 0 Å². The fourth-order valence-electron chi connectivity index (χ4n) is 1.62. The van der Waals surface area contributed by atoms with Crippen molar-refractivity contribution in [3.63, 3.8) is 0 Å². The molecular weight excluding hydrogens is 304 g/mol. The summed E-state index contributed by atoms with van der Waals surface area (Å²) in [6.45, 7) is 2.00. The Morgan fingerprint density at radius 2 is 1.67 bits per heavy atom. The molecule has 0 bridgehead atoms. The second kappa shape index (κ2) is 6.21. The summed E-state index contributed by atoms with van der Waals surface area (Å²) in [5.41, 5.74) is 0.199. The zero-order valence-corrected chi connectivity index (χ0v) is 12.0. The summed E-state index contributed by atoms with van der Waals surface area (Å²) in [7, 11) is 0. The summed E-state index contributed by atoms with van der Waals surface area (Å²) in [4.78, 5) is 32.8. The topological polar surface area (TPSA) is 110 Å². The van der Waals surface area contributed by atoms with Crippen LogP contribution >= 0.6 is 11.6 Å². The first-order valence-electron chi connectivity index (χ1n) is 5.71. The van der Waals surface area contributed by atoms with E-state index in [1.54, 1.807) is 0 Å². The fourth-order valence-corrected chi connectivity index (χ4v) is 1.68. The molecule has 0 saturated heterocycles. The lowest BCUT2D eigenvalue weighted by Crippen LogP contribution is -2.58. The zero-order valence-electron chi connectivity index (χ0n) is 11.2. The minimum atomic E-state index is -2.64. The van der Waals surface area contributed by atoms with E-state index in [2.05, 4.69) is 9.47 Å². The highest BCUT2D eigenvalue weighted by atomic mass is 35.5. The van der Waals surface area contributed by atoms with E-state index in [-0.39, 0.29) is 5.57 Å². The predicted molar refractivity (Wildman–Crippen MR) is 70.7 cm³/mol. The van der Waals surface area contributed by atoms with E-state index in [4.69, 9.17) is 11.6 Å². The van der Waals surface area contributed by atoms with Crippen molar-refractivity contribution in [2.45, 2.75) is 25.4 Å². The van der Waals surface area contributed by atoms with E-state index in [1.165, 1.54) is 12.2 Å². The molecule has 1 aliphatic carbocycles. The Balaban J connectivity index is 3.22. The van der Waals surface area contributed by atoms with Gasteiger partial charge in [0.1, 0.15) is 0 Å². The second-order valence-corrected chi connectivity index (χ2v) is 4.57. The standard InChI is InChI=1S/C13H13ClO7/c1-8(15)20-12(18)6-5-10(3-4-11(14)17)7-13(12,19)21-9(2)16/h3-7,18-19H,1-2H3/b4-3+. The number of allylic oxidation sites excluding steroid dienone is 4. The molecule has 0 amide bonds. The quantitative estimate of drug-likeness (QED) is 0.332. The Morgan fingerprint density at radius 1 is 1.14 bits per heavy atom. The SMILES string of the molecule is CC(=O)OC1(O)C=CC(/C=C/C(=O)Cl)=CC1(O)OC(C)=O. The molecule has 0 radical (unpaired) electrons. The van der Waals surface area contributed by atoms with Crippen LogP contribution in [0.3, 0.4) is 0 Å². The van der Waals surface area contributed by atoms with Gasteiger partial charge in [-0.3, -0.25) is 14.4 Å². The van der Waals surface area contributed by atoms with Gasteiger partial charge in [0.25, 0.3) is 0 Å². The van der Waals surface area contributed by atoms with E-state index in [0.717, 1.165) is 32.1 Å². The van der Waals surface area contributed by atoms with Crippen LogP contribution in [0.4, 0.5) is 0 Å². The van der Waals surface area contributed by atoms with E-state index < -0.39 is 28.8 Å². The Bertz CT molecular complexity index is 563. The van der Waals surface area contributed by atoms with Crippen LogP contribution in [0.2, 0.25) is 0 Å². The molecule has 21 heavy (non-hydrogen) atoms. The van der Waals surface area contributed by atoms with E-state index >= 15 is 0 Å². The maximum Gasteiger partial charge on any atom is 0.305 e. The number of ether oxygens (including phenoxy) is 2. The van der Waals surface area contributed by atoms with Gasteiger partial charge in [0.05, 0.1) is 0 Å². The lowest BCUT2D eigenvalue weighted by molar-refractivity contribution is -0.318. The predicted octanol–water partition coefficient (Wildman–Crippen LogP) is 0.308. The average Bonchev–Trinajstić information content (AvgIpc) is 2.29. The Hall–Kier alpha value is -1.96. The summed E-state index contributed by atoms with van der Waals surface area (Å²) in [5.74, 6) is -7.07. The van der Waals surface area contributed by atoms with Crippen molar-refractivity contribution in [3.8, 4) is 0 Å². The van der Waals surface area contributed by atoms with Crippen molar-refractivity contribution in [2.24, 2.45) is 0 Å². The molecule has 8 heteroatoms. The van der Waals surface area contributed by atoms with E-state index in [1.807, 2.05) is 0 Å². The van der Waals surface area contributed by atoms with Crippen LogP contribution in [-0.4, -0.2) is 39.0 Å². The number of carbonyl (C=O) groups is 3. The van der Waals surface area contributed by atoms with Gasteiger partial charge < -0.3 is 19.7 Å². The lowest BCUT2D eigenvalue weighted by atomic mass is 9.95. The Kier molecular flexibility index (Phi) is 5.06. The van der Waals surface area contributed by atoms with Crippen molar-refractivity contribution >= 4 is 28.8 Å². The van der Waals surface area contributed by atoms with Crippen LogP contribution in [0, 0.1) is 0 Å². The van der Waals surface area contributed by atoms with Gasteiger partial charge in [0.15, 0.2) is 0 Å². The van der Waals surface area contributed by atoms with Gasteiger partial charge in [0, 0.05) is 19.9 Å². The molecule has 0 aromatic rings. The van der Waals surface area contributed by atoms with Crippen LogP contribution in [0.15, 0.2) is 36.0 Å². The maximum atomic E-state index is 11.1. The van der Waals surface area contributed by atoms with Crippen molar-refractivity contribution in [2.75, 3.05) is 0 Å². The van der Waals surface area contributed by atoms with Crippen LogP contribution in [-0.2, 0) is 23.9 Å². The van der Waals surface area contributed by atoms with Gasteiger partial charge >= 0.3 is 23.5 Å². The molecule has 0 saturated carbocycles. The van der Waals surface area contributed by atoms with Crippen LogP contribution in [0.1, 0.15) is 13.8 Å². The maximum absolute atomic E-state index is 11.1. The average molecular weight is 317 g/mol. The molecule has 0 aromatic carbocycles. The normalized spacial score (nSPS) is 28.1. The molecule has 0 heterocycles. The van der Waals surface area contributed by atoms with Crippen LogP contribution < -0.4 is 0 Å². The van der Waals surface area contributed by atoms with Crippen LogP contribution in [0.25, 0.3) is 0 Å². The molecule has 1 aliphatic rings. The van der Waals surface area contributed by atoms with Gasteiger partial charge in [-0.1, -0.05) is 12.2 Å². The summed E-state index contributed by atoms with van der Waals surface area (Å²) in [5, 5.41) is 19.7. The van der Waals surface area contributed by atoms with E-state index in [0.29, 0.717) is 0 Å². The molecular formula is C13H13ClO7. The highest BCUT2D eigenvalue weighted by Gasteiger charge is 2.54. The third-order valence-corrected chi connectivity index (χ3v) is 2.51. The summed E-state index contributed by atoms with van der Waals surface area (Å²) in [6.07, 6.45) is 5.27. The molecule has 2 N–H and O–H groups in total. The van der Waals surface area contributed by atoms with E-state index in [9.17, 15) is 24.6 Å². The number of carbonyl (C=O) groups excluding carboxylic acids is 3.